The molecule has 2 heterocycles. The highest BCUT2D eigenvalue weighted by Crippen LogP contribution is 2.52. The van der Waals surface area contributed by atoms with Crippen molar-refractivity contribution in [1.29, 1.82) is 0 Å². The Kier molecular flexibility index (Phi) is 6.15. The van der Waals surface area contributed by atoms with E-state index >= 15 is 0 Å². The van der Waals surface area contributed by atoms with Gasteiger partial charge in [-0.25, -0.2) is 0 Å². The van der Waals surface area contributed by atoms with Crippen molar-refractivity contribution in [2.45, 2.75) is 58.1 Å². The zero-order valence-electron chi connectivity index (χ0n) is 17.5. The van der Waals surface area contributed by atoms with E-state index in [4.69, 9.17) is 21.3 Å². The maximum atomic E-state index is 6.09. The molecule has 1 saturated carbocycles. The van der Waals surface area contributed by atoms with Crippen LogP contribution in [0.25, 0.3) is 0 Å². The van der Waals surface area contributed by atoms with Crippen LogP contribution < -0.4 is 0 Å². The first-order valence-electron chi connectivity index (χ1n) is 10.9. The average molecular weight is 411 g/mol. The van der Waals surface area contributed by atoms with Crippen molar-refractivity contribution in [3.8, 4) is 0 Å². The van der Waals surface area contributed by atoms with Gasteiger partial charge in [0.1, 0.15) is 18.2 Å². The molecule has 1 aromatic carbocycles. The lowest BCUT2D eigenvalue weighted by molar-refractivity contribution is 0.124. The minimum absolute atomic E-state index is 0.0991. The van der Waals surface area contributed by atoms with Gasteiger partial charge in [-0.05, 0) is 68.4 Å². The Hall–Kier alpha value is -2.00. The molecule has 4 aliphatic rings. The van der Waals surface area contributed by atoms with E-state index < -0.39 is 0 Å². The van der Waals surface area contributed by atoms with Gasteiger partial charge < -0.3 is 9.64 Å². The highest BCUT2D eigenvalue weighted by Gasteiger charge is 2.50. The van der Waals surface area contributed by atoms with Crippen molar-refractivity contribution in [2.75, 3.05) is 13.6 Å². The van der Waals surface area contributed by atoms with Crippen molar-refractivity contribution < 1.29 is 4.74 Å². The van der Waals surface area contributed by atoms with Crippen molar-refractivity contribution in [3.05, 3.63) is 70.5 Å². The molecular weight excluding hydrogens is 380 g/mol. The number of halogens is 1. The third-order valence-corrected chi connectivity index (χ3v) is 6.84. The fourth-order valence-electron chi connectivity index (χ4n) is 5.27. The predicted octanol–water partition coefficient (Wildman–Crippen LogP) is 6.31. The fourth-order valence-corrected chi connectivity index (χ4v) is 5.48. The molecule has 0 aromatic heterocycles. The molecule has 3 nitrogen and oxygen atoms in total. The number of aliphatic imine (C=N–C) groups is 1. The number of hydrogen-bond acceptors (Lipinski definition) is 2. The van der Waals surface area contributed by atoms with E-state index in [1.807, 2.05) is 31.3 Å². The Morgan fingerprint density at radius 1 is 1.24 bits per heavy atom. The van der Waals surface area contributed by atoms with Gasteiger partial charge in [-0.15, -0.1) is 0 Å². The van der Waals surface area contributed by atoms with Crippen molar-refractivity contribution >= 4 is 17.4 Å². The highest BCUT2D eigenvalue weighted by molar-refractivity contribution is 6.30. The summed E-state index contributed by atoms with van der Waals surface area (Å²) in [5, 5.41) is 0.744. The smallest absolute Gasteiger partial charge is 0.119 e. The minimum Gasteiger partial charge on any atom is -0.489 e. The molecule has 0 spiro atoms. The monoisotopic (exact) mass is 410 g/mol. The Morgan fingerprint density at radius 2 is 2.07 bits per heavy atom. The third-order valence-electron chi connectivity index (χ3n) is 6.60. The lowest BCUT2D eigenvalue weighted by Crippen LogP contribution is -2.59. The van der Waals surface area contributed by atoms with Crippen LogP contribution in [0.3, 0.4) is 0 Å². The maximum absolute atomic E-state index is 6.09. The van der Waals surface area contributed by atoms with Gasteiger partial charge in [0.15, 0.2) is 0 Å². The number of fused-ring (bicyclic) bond motifs is 3. The summed E-state index contributed by atoms with van der Waals surface area (Å²) in [6.45, 7) is 3.91. The van der Waals surface area contributed by atoms with Crippen molar-refractivity contribution in [1.82, 2.24) is 4.90 Å². The molecule has 0 atom stereocenters. The Morgan fingerprint density at radius 3 is 2.79 bits per heavy atom. The summed E-state index contributed by atoms with van der Waals surface area (Å²) in [6, 6.07) is 8.53. The van der Waals surface area contributed by atoms with E-state index in [9.17, 15) is 0 Å². The fraction of sp³-hybridized carbons (Fsp3) is 0.480. The summed E-state index contributed by atoms with van der Waals surface area (Å²) in [5.41, 5.74) is 2.66. The van der Waals surface area contributed by atoms with Gasteiger partial charge in [0.05, 0.1) is 0 Å². The van der Waals surface area contributed by atoms with Gasteiger partial charge in [-0.1, -0.05) is 48.4 Å². The summed E-state index contributed by atoms with van der Waals surface area (Å²) in [6.07, 6.45) is 15.9. The molecular formula is C25H31ClN2O. The third kappa shape index (κ3) is 4.02. The highest BCUT2D eigenvalue weighted by atomic mass is 35.5. The molecule has 2 aliphatic carbocycles. The van der Waals surface area contributed by atoms with Gasteiger partial charge >= 0.3 is 0 Å². The van der Waals surface area contributed by atoms with Crippen LogP contribution in [-0.2, 0) is 11.3 Å². The Balaban J connectivity index is 1.54. The van der Waals surface area contributed by atoms with Gasteiger partial charge in [-0.3, -0.25) is 4.99 Å². The number of benzene rings is 1. The first-order chi connectivity index (χ1) is 14.2. The van der Waals surface area contributed by atoms with E-state index in [0.717, 1.165) is 29.3 Å². The number of nitrogens with zero attached hydrogens (tertiary/aromatic N) is 2. The zero-order valence-corrected chi connectivity index (χ0v) is 18.3. The van der Waals surface area contributed by atoms with Crippen LogP contribution in [0.1, 0.15) is 51.0 Å². The molecule has 2 bridgehead atoms. The standard InChI is InChI=1S/C25H31ClN2O/c1-3-16-28-22-12-14-25(15-13-22,24(28)27-2)20-7-5-9-23(11-10-20)29-18-19-6-4-8-21(26)17-19/h4-6,8-11,17,22H,3,7,12-16,18H2,1-2H3. The molecule has 0 amide bonds. The number of piperidine rings is 2. The summed E-state index contributed by atoms with van der Waals surface area (Å²) in [4.78, 5) is 7.42. The van der Waals surface area contributed by atoms with Crippen LogP contribution in [0.15, 0.2) is 64.9 Å². The van der Waals surface area contributed by atoms with Crippen molar-refractivity contribution in [2.24, 2.45) is 10.4 Å². The number of hydrogen-bond donors (Lipinski definition) is 0. The van der Waals surface area contributed by atoms with Crippen molar-refractivity contribution in [3.63, 3.8) is 0 Å². The molecule has 154 valence electrons. The van der Waals surface area contributed by atoms with Gasteiger partial charge in [0, 0.05) is 30.1 Å². The molecule has 5 rings (SSSR count). The van der Waals surface area contributed by atoms with Gasteiger partial charge in [-0.2, -0.15) is 0 Å². The first kappa shape index (κ1) is 20.3. The molecule has 4 heteroatoms. The molecule has 2 saturated heterocycles. The molecule has 0 unspecified atom stereocenters. The normalized spacial score (nSPS) is 27.6. The van der Waals surface area contributed by atoms with E-state index in [2.05, 4.69) is 36.1 Å². The first-order valence-corrected chi connectivity index (χ1v) is 11.2. The topological polar surface area (TPSA) is 24.8 Å². The quantitative estimate of drug-likeness (QED) is 0.548. The predicted molar refractivity (Wildman–Crippen MR) is 121 cm³/mol. The maximum Gasteiger partial charge on any atom is 0.119 e. The van der Waals surface area contributed by atoms with Crippen LogP contribution in [0.4, 0.5) is 0 Å². The summed E-state index contributed by atoms with van der Waals surface area (Å²) in [7, 11) is 1.98. The Labute approximate surface area is 179 Å². The van der Waals surface area contributed by atoms with Crippen LogP contribution >= 0.6 is 11.6 Å². The summed E-state index contributed by atoms with van der Waals surface area (Å²) in [5.74, 6) is 2.22. The number of amidine groups is 1. The van der Waals surface area contributed by atoms with Crippen LogP contribution in [0.5, 0.6) is 0 Å². The van der Waals surface area contributed by atoms with E-state index in [0.29, 0.717) is 12.6 Å². The average Bonchev–Trinajstić information content (AvgIpc) is 2.99. The van der Waals surface area contributed by atoms with Crippen LogP contribution in [0, 0.1) is 5.41 Å². The van der Waals surface area contributed by atoms with Gasteiger partial charge in [0.25, 0.3) is 0 Å². The lowest BCUT2D eigenvalue weighted by Gasteiger charge is -2.55. The molecule has 0 N–H and O–H groups in total. The number of allylic oxidation sites excluding steroid dienone is 4. The van der Waals surface area contributed by atoms with Crippen LogP contribution in [-0.4, -0.2) is 30.4 Å². The van der Waals surface area contributed by atoms with Gasteiger partial charge in [0.2, 0.25) is 0 Å². The van der Waals surface area contributed by atoms with E-state index in [1.165, 1.54) is 43.5 Å². The van der Waals surface area contributed by atoms with Crippen LogP contribution in [0.2, 0.25) is 5.02 Å². The van der Waals surface area contributed by atoms with E-state index in [1.54, 1.807) is 0 Å². The van der Waals surface area contributed by atoms with E-state index in [-0.39, 0.29) is 5.41 Å². The second-order valence-corrected chi connectivity index (χ2v) is 8.78. The summed E-state index contributed by atoms with van der Waals surface area (Å²) < 4.78 is 6.06. The largest absolute Gasteiger partial charge is 0.489 e. The summed E-state index contributed by atoms with van der Waals surface area (Å²) >= 11 is 6.09. The molecule has 29 heavy (non-hydrogen) atoms. The molecule has 2 aliphatic heterocycles. The minimum atomic E-state index is 0.0991. The second kappa shape index (κ2) is 8.79. The SMILES string of the molecule is CCCN1C(=NC)C2(C3=CC=C(OCc4cccc(Cl)c4)C=CC3)CCC1CC2. The molecule has 0 radical (unpaired) electrons. The second-order valence-electron chi connectivity index (χ2n) is 8.34. The number of ether oxygens (including phenoxy) is 1. The lowest BCUT2D eigenvalue weighted by atomic mass is 9.62. The number of rotatable bonds is 6. The molecule has 3 fully saturated rings. The zero-order chi connectivity index (χ0) is 20.3. The Bertz CT molecular complexity index is 859. The molecule has 1 aromatic rings.